The van der Waals surface area contributed by atoms with Crippen LogP contribution in [0.4, 0.5) is 0 Å². The molecule has 0 spiro atoms. The second-order valence-electron chi connectivity index (χ2n) is 8.57. The average molecular weight is 480 g/mol. The van der Waals surface area contributed by atoms with E-state index >= 15 is 0 Å². The minimum absolute atomic E-state index is 0.0514. The van der Waals surface area contributed by atoms with Crippen molar-refractivity contribution < 1.29 is 9.53 Å². The molecule has 0 saturated carbocycles. The van der Waals surface area contributed by atoms with E-state index in [-0.39, 0.29) is 11.3 Å². The summed E-state index contributed by atoms with van der Waals surface area (Å²) >= 11 is 5.18. The quantitative estimate of drug-likeness (QED) is 0.622. The van der Waals surface area contributed by atoms with Gasteiger partial charge < -0.3 is 9.64 Å². The van der Waals surface area contributed by atoms with Crippen molar-refractivity contribution in [1.29, 1.82) is 0 Å². The Labute approximate surface area is 186 Å². The van der Waals surface area contributed by atoms with Gasteiger partial charge in [0.15, 0.2) is 6.10 Å². The van der Waals surface area contributed by atoms with E-state index in [0.717, 1.165) is 49.3 Å². The van der Waals surface area contributed by atoms with Crippen LogP contribution in [0.1, 0.15) is 44.8 Å². The number of halogens is 1. The molecule has 0 bridgehead atoms. The van der Waals surface area contributed by atoms with Crippen molar-refractivity contribution in [3.8, 4) is 5.75 Å². The number of benzene rings is 1. The number of hydrogen-bond donors (Lipinski definition) is 0. The lowest BCUT2D eigenvalue weighted by molar-refractivity contribution is -0.137. The number of amides is 1. The predicted molar refractivity (Wildman–Crippen MR) is 122 cm³/mol. The highest BCUT2D eigenvalue weighted by Gasteiger charge is 2.25. The van der Waals surface area contributed by atoms with Gasteiger partial charge in [-0.25, -0.2) is 4.98 Å². The van der Waals surface area contributed by atoms with Gasteiger partial charge in [-0.3, -0.25) is 9.69 Å². The molecule has 1 aliphatic heterocycles. The maximum Gasteiger partial charge on any atom is 0.263 e. The molecule has 0 radical (unpaired) electrons. The maximum atomic E-state index is 12.9. The second-order valence-corrected chi connectivity index (χ2v) is 10.3. The third kappa shape index (κ3) is 6.27. The molecule has 29 heavy (non-hydrogen) atoms. The van der Waals surface area contributed by atoms with Crippen LogP contribution in [-0.4, -0.2) is 53.0 Å². The topological polar surface area (TPSA) is 45.7 Å². The van der Waals surface area contributed by atoms with Gasteiger partial charge in [-0.05, 0) is 31.5 Å². The molecule has 5 nitrogen and oxygen atoms in total. The fourth-order valence-electron chi connectivity index (χ4n) is 3.35. The Morgan fingerprint density at radius 3 is 2.76 bits per heavy atom. The van der Waals surface area contributed by atoms with Crippen molar-refractivity contribution in [2.24, 2.45) is 0 Å². The minimum atomic E-state index is -0.497. The van der Waals surface area contributed by atoms with Crippen molar-refractivity contribution in [3.63, 3.8) is 0 Å². The van der Waals surface area contributed by atoms with Crippen molar-refractivity contribution in [2.45, 2.75) is 52.2 Å². The lowest BCUT2D eigenvalue weighted by Gasteiger charge is -2.25. The van der Waals surface area contributed by atoms with E-state index < -0.39 is 6.10 Å². The van der Waals surface area contributed by atoms with Gasteiger partial charge in [-0.15, -0.1) is 11.3 Å². The zero-order valence-corrected chi connectivity index (χ0v) is 20.1. The summed E-state index contributed by atoms with van der Waals surface area (Å²) < 4.78 is 6.81. The van der Waals surface area contributed by atoms with E-state index in [9.17, 15) is 4.79 Å². The minimum Gasteiger partial charge on any atom is -0.481 e. The van der Waals surface area contributed by atoms with E-state index in [4.69, 9.17) is 9.72 Å². The summed E-state index contributed by atoms with van der Waals surface area (Å²) in [5.41, 5.74) is 1.22. The molecule has 3 rings (SSSR count). The Kier molecular flexibility index (Phi) is 7.35. The number of carbonyl (C=O) groups is 1. The molecule has 1 amide bonds. The molecule has 1 unspecified atom stereocenters. The Balaban J connectivity index is 1.53. The monoisotopic (exact) mass is 479 g/mol. The van der Waals surface area contributed by atoms with Crippen molar-refractivity contribution >= 4 is 33.2 Å². The molecule has 158 valence electrons. The number of nitrogens with zero attached hydrogens (tertiary/aromatic N) is 3. The first-order valence-electron chi connectivity index (χ1n) is 10.1. The fraction of sp³-hybridized carbons (Fsp3) is 0.545. The highest BCUT2D eigenvalue weighted by atomic mass is 79.9. The van der Waals surface area contributed by atoms with Crippen LogP contribution in [0.2, 0.25) is 0 Å². The van der Waals surface area contributed by atoms with Crippen LogP contribution in [0, 0.1) is 0 Å². The molecule has 0 N–H and O–H groups in total. The Morgan fingerprint density at radius 2 is 2.07 bits per heavy atom. The summed E-state index contributed by atoms with van der Waals surface area (Å²) in [7, 11) is 0. The van der Waals surface area contributed by atoms with Gasteiger partial charge in [0.25, 0.3) is 5.91 Å². The third-order valence-corrected chi connectivity index (χ3v) is 6.75. The SMILES string of the molecule is CC(Oc1cccc(Br)c1)C(=O)N1CCCN(Cc2csc(C(C)(C)C)n2)CC1. The number of hydrogen-bond acceptors (Lipinski definition) is 5. The van der Waals surface area contributed by atoms with Crippen LogP contribution in [0.15, 0.2) is 34.1 Å². The lowest BCUT2D eigenvalue weighted by Crippen LogP contribution is -2.42. The van der Waals surface area contributed by atoms with Crippen LogP contribution in [0.5, 0.6) is 5.75 Å². The van der Waals surface area contributed by atoms with Crippen molar-refractivity contribution in [3.05, 3.63) is 44.8 Å². The summed E-state index contributed by atoms with van der Waals surface area (Å²) in [4.78, 5) is 22.0. The predicted octanol–water partition coefficient (Wildman–Crippen LogP) is 4.70. The molecule has 1 atom stereocenters. The Hall–Kier alpha value is -1.44. The first-order chi connectivity index (χ1) is 13.7. The van der Waals surface area contributed by atoms with E-state index in [1.54, 1.807) is 11.3 Å². The number of ether oxygens (including phenoxy) is 1. The summed E-state index contributed by atoms with van der Waals surface area (Å²) in [6, 6.07) is 7.60. The second kappa shape index (κ2) is 9.58. The van der Waals surface area contributed by atoms with Crippen LogP contribution in [0.3, 0.4) is 0 Å². The van der Waals surface area contributed by atoms with E-state index in [1.807, 2.05) is 36.1 Å². The zero-order valence-electron chi connectivity index (χ0n) is 17.7. The summed E-state index contributed by atoms with van der Waals surface area (Å²) in [5, 5.41) is 3.35. The van der Waals surface area contributed by atoms with E-state index in [1.165, 1.54) is 5.01 Å². The first-order valence-corrected chi connectivity index (χ1v) is 11.8. The van der Waals surface area contributed by atoms with Gasteiger partial charge in [0.05, 0.1) is 10.7 Å². The van der Waals surface area contributed by atoms with Crippen molar-refractivity contribution in [2.75, 3.05) is 26.2 Å². The zero-order chi connectivity index (χ0) is 21.0. The van der Waals surface area contributed by atoms with Crippen LogP contribution in [-0.2, 0) is 16.8 Å². The van der Waals surface area contributed by atoms with Gasteiger partial charge in [-0.2, -0.15) is 0 Å². The van der Waals surface area contributed by atoms with Crippen LogP contribution >= 0.6 is 27.3 Å². The molecule has 2 heterocycles. The van der Waals surface area contributed by atoms with Gasteiger partial charge in [0.2, 0.25) is 0 Å². The molecular weight excluding hydrogens is 450 g/mol. The normalized spacial score (nSPS) is 17.1. The van der Waals surface area contributed by atoms with Gasteiger partial charge in [0.1, 0.15) is 5.75 Å². The third-order valence-electron chi connectivity index (χ3n) is 4.94. The number of carbonyl (C=O) groups excluding carboxylic acids is 1. The molecule has 0 aliphatic carbocycles. The van der Waals surface area contributed by atoms with Crippen LogP contribution < -0.4 is 4.74 Å². The lowest BCUT2D eigenvalue weighted by atomic mass is 9.98. The smallest absolute Gasteiger partial charge is 0.263 e. The number of rotatable bonds is 5. The highest BCUT2D eigenvalue weighted by molar-refractivity contribution is 9.10. The molecule has 2 aromatic rings. The van der Waals surface area contributed by atoms with E-state index in [2.05, 4.69) is 47.0 Å². The molecule has 1 saturated heterocycles. The molecule has 1 aliphatic rings. The molecule has 1 fully saturated rings. The number of thiazole rings is 1. The Bertz CT molecular complexity index is 833. The average Bonchev–Trinajstić information content (AvgIpc) is 3.00. The van der Waals surface area contributed by atoms with Gasteiger partial charge >= 0.3 is 0 Å². The van der Waals surface area contributed by atoms with E-state index in [0.29, 0.717) is 5.75 Å². The van der Waals surface area contributed by atoms with Gasteiger partial charge in [0, 0.05) is 48.0 Å². The maximum absolute atomic E-state index is 12.9. The standard InChI is InChI=1S/C22H30BrN3O2S/c1-16(28-19-8-5-7-17(23)13-19)20(27)26-10-6-9-25(11-12-26)14-18-15-29-21(24-18)22(2,3)4/h5,7-8,13,15-16H,6,9-12,14H2,1-4H3. The van der Waals surface area contributed by atoms with Gasteiger partial charge in [-0.1, -0.05) is 42.8 Å². The fourth-order valence-corrected chi connectivity index (χ4v) is 4.63. The summed E-state index contributed by atoms with van der Waals surface area (Å²) in [6.07, 6.45) is 0.467. The highest BCUT2D eigenvalue weighted by Crippen LogP contribution is 2.26. The molecular formula is C22H30BrN3O2S. The first kappa shape index (κ1) is 22.2. The van der Waals surface area contributed by atoms with Crippen molar-refractivity contribution in [1.82, 2.24) is 14.8 Å². The largest absolute Gasteiger partial charge is 0.481 e. The summed E-state index contributed by atoms with van der Waals surface area (Å²) in [6.45, 7) is 12.6. The molecule has 1 aromatic heterocycles. The van der Waals surface area contributed by atoms with Crippen LogP contribution in [0.25, 0.3) is 0 Å². The molecule has 1 aromatic carbocycles. The Morgan fingerprint density at radius 1 is 1.28 bits per heavy atom. The summed E-state index contributed by atoms with van der Waals surface area (Å²) in [5.74, 6) is 0.755. The molecule has 7 heteroatoms. The number of aromatic nitrogens is 1.